The first kappa shape index (κ1) is 16.2. The van der Waals surface area contributed by atoms with Crippen LogP contribution in [0, 0.1) is 5.82 Å². The number of anilines is 1. The molecular formula is C16H14FN3O3. The molecule has 6 nitrogen and oxygen atoms in total. The van der Waals surface area contributed by atoms with Crippen LogP contribution in [0.2, 0.25) is 0 Å². The number of ether oxygens (including phenoxy) is 1. The van der Waals surface area contributed by atoms with Gasteiger partial charge in [0.15, 0.2) is 0 Å². The van der Waals surface area contributed by atoms with Crippen molar-refractivity contribution in [3.8, 4) is 5.75 Å². The number of carbonyl (C=O) groups excluding carboxylic acids is 2. The molecule has 0 saturated carbocycles. The standard InChI is InChI=1S/C16H14FN3O3/c1-23-12-6-4-5-11(9-12)10-18-20-16(22)15(21)19-14-8-3-2-7-13(14)17/h2-10H,1H3,(H,19,21)(H,20,22)/b18-10-. The van der Waals surface area contributed by atoms with Gasteiger partial charge in [0.2, 0.25) is 0 Å². The van der Waals surface area contributed by atoms with Crippen LogP contribution in [0.1, 0.15) is 5.56 Å². The summed E-state index contributed by atoms with van der Waals surface area (Å²) < 4.78 is 18.4. The van der Waals surface area contributed by atoms with Crippen molar-refractivity contribution in [1.82, 2.24) is 5.43 Å². The van der Waals surface area contributed by atoms with E-state index in [0.717, 1.165) is 0 Å². The second-order valence-corrected chi connectivity index (χ2v) is 4.41. The Bertz CT molecular complexity index is 747. The molecule has 23 heavy (non-hydrogen) atoms. The van der Waals surface area contributed by atoms with Crippen LogP contribution in [-0.4, -0.2) is 25.1 Å². The lowest BCUT2D eigenvalue weighted by atomic mass is 10.2. The quantitative estimate of drug-likeness (QED) is 0.514. The highest BCUT2D eigenvalue weighted by molar-refractivity contribution is 6.39. The molecule has 0 aromatic heterocycles. The Morgan fingerprint density at radius 3 is 2.65 bits per heavy atom. The van der Waals surface area contributed by atoms with E-state index >= 15 is 0 Å². The molecular weight excluding hydrogens is 301 g/mol. The molecule has 118 valence electrons. The zero-order valence-electron chi connectivity index (χ0n) is 12.2. The molecule has 2 rings (SSSR count). The van der Waals surface area contributed by atoms with E-state index in [0.29, 0.717) is 11.3 Å². The molecule has 2 N–H and O–H groups in total. The molecule has 0 heterocycles. The molecule has 2 aromatic carbocycles. The lowest BCUT2D eigenvalue weighted by Gasteiger charge is -2.04. The highest BCUT2D eigenvalue weighted by atomic mass is 19.1. The van der Waals surface area contributed by atoms with Gasteiger partial charge in [0, 0.05) is 0 Å². The normalized spacial score (nSPS) is 10.3. The average molecular weight is 315 g/mol. The van der Waals surface area contributed by atoms with Crippen LogP contribution in [0.15, 0.2) is 53.6 Å². The summed E-state index contributed by atoms with van der Waals surface area (Å²) in [5, 5.41) is 5.82. The number of hydrogen-bond donors (Lipinski definition) is 2. The van der Waals surface area contributed by atoms with Crippen LogP contribution in [0.25, 0.3) is 0 Å². The summed E-state index contributed by atoms with van der Waals surface area (Å²) >= 11 is 0. The van der Waals surface area contributed by atoms with E-state index in [1.165, 1.54) is 37.6 Å². The van der Waals surface area contributed by atoms with Gasteiger partial charge in [-0.1, -0.05) is 24.3 Å². The number of hydrazone groups is 1. The SMILES string of the molecule is COc1cccc(/C=N\NC(=O)C(=O)Nc2ccccc2F)c1. The van der Waals surface area contributed by atoms with Gasteiger partial charge in [-0.25, -0.2) is 9.82 Å². The molecule has 0 bridgehead atoms. The first-order valence-electron chi connectivity index (χ1n) is 6.63. The summed E-state index contributed by atoms with van der Waals surface area (Å²) in [5.41, 5.74) is 2.66. The van der Waals surface area contributed by atoms with E-state index < -0.39 is 17.6 Å². The van der Waals surface area contributed by atoms with Crippen molar-refractivity contribution in [3.05, 3.63) is 59.9 Å². The fourth-order valence-electron chi connectivity index (χ4n) is 1.68. The summed E-state index contributed by atoms with van der Waals surface area (Å²) in [6.07, 6.45) is 1.36. The molecule has 2 aromatic rings. The third-order valence-corrected chi connectivity index (χ3v) is 2.80. The Morgan fingerprint density at radius 2 is 1.91 bits per heavy atom. The van der Waals surface area contributed by atoms with Crippen molar-refractivity contribution in [2.75, 3.05) is 12.4 Å². The molecule has 0 atom stereocenters. The number of rotatable bonds is 4. The van der Waals surface area contributed by atoms with Gasteiger partial charge in [-0.3, -0.25) is 9.59 Å². The number of nitrogens with zero attached hydrogens (tertiary/aromatic N) is 1. The third-order valence-electron chi connectivity index (χ3n) is 2.80. The van der Waals surface area contributed by atoms with Crippen LogP contribution < -0.4 is 15.5 Å². The summed E-state index contributed by atoms with van der Waals surface area (Å²) in [4.78, 5) is 23.2. The number of halogens is 1. The Labute approximate surface area is 132 Å². The maximum Gasteiger partial charge on any atom is 0.329 e. The largest absolute Gasteiger partial charge is 0.497 e. The van der Waals surface area contributed by atoms with Crippen LogP contribution in [0.5, 0.6) is 5.75 Å². The van der Waals surface area contributed by atoms with Gasteiger partial charge < -0.3 is 10.1 Å². The molecule has 0 fully saturated rings. The summed E-state index contributed by atoms with van der Waals surface area (Å²) in [6.45, 7) is 0. The molecule has 0 radical (unpaired) electrons. The Hall–Kier alpha value is -3.22. The molecule has 0 unspecified atom stereocenters. The van der Waals surface area contributed by atoms with E-state index in [4.69, 9.17) is 4.74 Å². The van der Waals surface area contributed by atoms with Gasteiger partial charge in [0.05, 0.1) is 19.0 Å². The Morgan fingerprint density at radius 1 is 1.13 bits per heavy atom. The minimum atomic E-state index is -1.02. The third kappa shape index (κ3) is 4.63. The number of carbonyl (C=O) groups is 2. The fraction of sp³-hybridized carbons (Fsp3) is 0.0625. The first-order valence-corrected chi connectivity index (χ1v) is 6.63. The van der Waals surface area contributed by atoms with Gasteiger partial charge in [0.25, 0.3) is 0 Å². The van der Waals surface area contributed by atoms with Gasteiger partial charge in [-0.2, -0.15) is 5.10 Å². The van der Waals surface area contributed by atoms with Gasteiger partial charge in [0.1, 0.15) is 11.6 Å². The van der Waals surface area contributed by atoms with Crippen molar-refractivity contribution in [2.45, 2.75) is 0 Å². The zero-order chi connectivity index (χ0) is 16.7. The lowest BCUT2D eigenvalue weighted by Crippen LogP contribution is -2.32. The zero-order valence-corrected chi connectivity index (χ0v) is 12.2. The van der Waals surface area contributed by atoms with Crippen molar-refractivity contribution in [2.24, 2.45) is 5.10 Å². The predicted molar refractivity (Wildman–Crippen MR) is 83.8 cm³/mol. The Kier molecular flexibility index (Phi) is 5.40. The van der Waals surface area contributed by atoms with E-state index in [9.17, 15) is 14.0 Å². The number of para-hydroxylation sites is 1. The molecule has 0 saturated heterocycles. The molecule has 0 aliphatic carbocycles. The maximum absolute atomic E-state index is 13.4. The van der Waals surface area contributed by atoms with Gasteiger partial charge in [-0.05, 0) is 29.8 Å². The van der Waals surface area contributed by atoms with E-state index in [1.807, 2.05) is 0 Å². The summed E-state index contributed by atoms with van der Waals surface area (Å²) in [6, 6.07) is 12.5. The summed E-state index contributed by atoms with van der Waals surface area (Å²) in [5.74, 6) is -2.02. The van der Waals surface area contributed by atoms with Crippen molar-refractivity contribution >= 4 is 23.7 Å². The molecule has 7 heteroatoms. The van der Waals surface area contributed by atoms with Crippen LogP contribution >= 0.6 is 0 Å². The van der Waals surface area contributed by atoms with E-state index in [1.54, 1.807) is 24.3 Å². The molecule has 0 spiro atoms. The van der Waals surface area contributed by atoms with Crippen molar-refractivity contribution in [1.29, 1.82) is 0 Å². The summed E-state index contributed by atoms with van der Waals surface area (Å²) in [7, 11) is 1.53. The van der Waals surface area contributed by atoms with E-state index in [2.05, 4.69) is 15.8 Å². The number of hydrogen-bond acceptors (Lipinski definition) is 4. The minimum Gasteiger partial charge on any atom is -0.497 e. The van der Waals surface area contributed by atoms with E-state index in [-0.39, 0.29) is 5.69 Å². The van der Waals surface area contributed by atoms with Gasteiger partial charge in [-0.15, -0.1) is 0 Å². The number of amides is 2. The number of methoxy groups -OCH3 is 1. The van der Waals surface area contributed by atoms with Crippen LogP contribution in [0.3, 0.4) is 0 Å². The smallest absolute Gasteiger partial charge is 0.329 e. The van der Waals surface area contributed by atoms with Crippen LogP contribution in [0.4, 0.5) is 10.1 Å². The maximum atomic E-state index is 13.4. The first-order chi connectivity index (χ1) is 11.1. The number of benzene rings is 2. The minimum absolute atomic E-state index is 0.0792. The fourth-order valence-corrected chi connectivity index (χ4v) is 1.68. The van der Waals surface area contributed by atoms with Crippen molar-refractivity contribution < 1.29 is 18.7 Å². The second-order valence-electron chi connectivity index (χ2n) is 4.41. The second kappa shape index (κ2) is 7.69. The highest BCUT2D eigenvalue weighted by Gasteiger charge is 2.14. The number of nitrogens with one attached hydrogen (secondary N) is 2. The van der Waals surface area contributed by atoms with Crippen LogP contribution in [-0.2, 0) is 9.59 Å². The van der Waals surface area contributed by atoms with Crippen molar-refractivity contribution in [3.63, 3.8) is 0 Å². The lowest BCUT2D eigenvalue weighted by molar-refractivity contribution is -0.136. The topological polar surface area (TPSA) is 79.8 Å². The predicted octanol–water partition coefficient (Wildman–Crippen LogP) is 1.92. The van der Waals surface area contributed by atoms with Gasteiger partial charge >= 0.3 is 11.8 Å². The molecule has 2 amide bonds. The Balaban J connectivity index is 1.92. The monoisotopic (exact) mass is 315 g/mol. The molecule has 0 aliphatic rings. The molecule has 0 aliphatic heterocycles. The average Bonchev–Trinajstić information content (AvgIpc) is 2.57. The highest BCUT2D eigenvalue weighted by Crippen LogP contribution is 2.12.